The highest BCUT2D eigenvalue weighted by atomic mass is 32.2. The summed E-state index contributed by atoms with van der Waals surface area (Å²) in [7, 11) is 1.45. The van der Waals surface area contributed by atoms with Crippen molar-refractivity contribution in [1.29, 1.82) is 0 Å². The van der Waals surface area contributed by atoms with Crippen molar-refractivity contribution in [1.82, 2.24) is 10.3 Å². The molecule has 108 valence electrons. The van der Waals surface area contributed by atoms with Gasteiger partial charge in [0.1, 0.15) is 0 Å². The van der Waals surface area contributed by atoms with Crippen molar-refractivity contribution >= 4 is 34.7 Å². The second-order valence-electron chi connectivity index (χ2n) is 4.01. The molecule has 1 aromatic carbocycles. The van der Waals surface area contributed by atoms with Crippen LogP contribution in [-0.2, 0) is 9.59 Å². The molecule has 1 aliphatic heterocycles. The van der Waals surface area contributed by atoms with Crippen LogP contribution in [0.15, 0.2) is 46.4 Å². The predicted octanol–water partition coefficient (Wildman–Crippen LogP) is 0.861. The van der Waals surface area contributed by atoms with E-state index >= 15 is 0 Å². The second-order valence-corrected chi connectivity index (χ2v) is 5.02. The molecule has 0 bridgehead atoms. The molecule has 0 radical (unpaired) electrons. The summed E-state index contributed by atoms with van der Waals surface area (Å²) < 4.78 is 0. The van der Waals surface area contributed by atoms with E-state index < -0.39 is 17.8 Å². The Kier molecular flexibility index (Phi) is 4.39. The summed E-state index contributed by atoms with van der Waals surface area (Å²) in [5, 5.41) is 12.7. The largest absolute Gasteiger partial charge is 0.478 e. The van der Waals surface area contributed by atoms with Crippen molar-refractivity contribution in [3.8, 4) is 0 Å². The molecule has 21 heavy (non-hydrogen) atoms. The average molecular weight is 305 g/mol. The highest BCUT2D eigenvalue weighted by Crippen LogP contribution is 2.29. The minimum atomic E-state index is -1.21. The molecule has 2 rings (SSSR count). The number of thioether (sulfide) groups is 1. The monoisotopic (exact) mass is 305 g/mol. The molecule has 1 heterocycles. The zero-order valence-electron chi connectivity index (χ0n) is 10.9. The minimum absolute atomic E-state index is 0.0395. The van der Waals surface area contributed by atoms with Gasteiger partial charge < -0.3 is 5.11 Å². The Bertz CT molecular complexity index is 655. The molecule has 1 fully saturated rings. The number of hydrazone groups is 1. The second kappa shape index (κ2) is 6.23. The van der Waals surface area contributed by atoms with Gasteiger partial charge in [0.15, 0.2) is 5.17 Å². The molecule has 2 N–H and O–H groups in total. The first-order valence-electron chi connectivity index (χ1n) is 5.82. The van der Waals surface area contributed by atoms with Gasteiger partial charge in [-0.3, -0.25) is 14.5 Å². The maximum atomic E-state index is 11.8. The van der Waals surface area contributed by atoms with Crippen molar-refractivity contribution in [2.45, 2.75) is 0 Å². The number of likely N-dealkylation sites (N-methyl/N-ethyl adjacent to an activating group) is 1. The molecule has 1 saturated heterocycles. The smallest absolute Gasteiger partial charge is 0.329 e. The number of carbonyl (C=O) groups is 3. The van der Waals surface area contributed by atoms with E-state index in [1.807, 2.05) is 0 Å². The van der Waals surface area contributed by atoms with Crippen LogP contribution < -0.4 is 5.43 Å². The molecule has 0 atom stereocenters. The molecule has 0 aliphatic carbocycles. The highest BCUT2D eigenvalue weighted by molar-refractivity contribution is 8.18. The van der Waals surface area contributed by atoms with Crippen LogP contribution in [0.2, 0.25) is 0 Å². The molecular formula is C13H11N3O4S. The van der Waals surface area contributed by atoms with Gasteiger partial charge in [-0.15, -0.1) is 5.10 Å². The van der Waals surface area contributed by atoms with Crippen LogP contribution >= 0.6 is 11.8 Å². The maximum Gasteiger partial charge on any atom is 0.329 e. The Morgan fingerprint density at radius 1 is 1.33 bits per heavy atom. The summed E-state index contributed by atoms with van der Waals surface area (Å²) in [6, 6.07) is 8.47. The van der Waals surface area contributed by atoms with Gasteiger partial charge in [-0.25, -0.2) is 10.2 Å². The number of carbonyl (C=O) groups excluding carboxylic acids is 2. The summed E-state index contributed by atoms with van der Waals surface area (Å²) in [4.78, 5) is 35.4. The van der Waals surface area contributed by atoms with E-state index in [1.54, 1.807) is 30.3 Å². The third-order valence-corrected chi connectivity index (χ3v) is 3.61. The third-order valence-electron chi connectivity index (χ3n) is 2.55. The third kappa shape index (κ3) is 3.48. The number of amides is 2. The summed E-state index contributed by atoms with van der Waals surface area (Å²) in [6.45, 7) is 0. The van der Waals surface area contributed by atoms with Crippen LogP contribution in [0.3, 0.4) is 0 Å². The van der Waals surface area contributed by atoms with E-state index in [-0.39, 0.29) is 10.1 Å². The van der Waals surface area contributed by atoms with E-state index in [4.69, 9.17) is 5.11 Å². The number of hydrogen-bond donors (Lipinski definition) is 2. The first-order chi connectivity index (χ1) is 9.99. The SMILES string of the molecule is CN1C(=O)/C(=C/C(=O)O)SC1=NNC(=O)c1ccccc1. The maximum absolute atomic E-state index is 11.8. The topological polar surface area (TPSA) is 99.1 Å². The Labute approximate surface area is 124 Å². The van der Waals surface area contributed by atoms with Gasteiger partial charge in [0.05, 0.1) is 4.91 Å². The van der Waals surface area contributed by atoms with Crippen molar-refractivity contribution < 1.29 is 19.5 Å². The minimum Gasteiger partial charge on any atom is -0.478 e. The number of nitrogens with zero attached hydrogens (tertiary/aromatic N) is 2. The van der Waals surface area contributed by atoms with Crippen molar-refractivity contribution in [2.75, 3.05) is 7.05 Å². The molecule has 0 aromatic heterocycles. The molecule has 2 amide bonds. The summed E-state index contributed by atoms with van der Waals surface area (Å²) in [5.74, 6) is -2.11. The number of rotatable bonds is 3. The van der Waals surface area contributed by atoms with Crippen molar-refractivity contribution in [3.63, 3.8) is 0 Å². The number of hydrogen-bond acceptors (Lipinski definition) is 5. The Morgan fingerprint density at radius 3 is 2.62 bits per heavy atom. The Morgan fingerprint density at radius 2 is 2.00 bits per heavy atom. The first kappa shape index (κ1) is 14.8. The summed E-state index contributed by atoms with van der Waals surface area (Å²) >= 11 is 0.884. The fourth-order valence-electron chi connectivity index (χ4n) is 1.52. The lowest BCUT2D eigenvalue weighted by atomic mass is 10.2. The van der Waals surface area contributed by atoms with Crippen LogP contribution in [0.25, 0.3) is 0 Å². The summed E-state index contributed by atoms with van der Waals surface area (Å²) in [6.07, 6.45) is 0.811. The number of amidine groups is 1. The molecule has 1 aromatic rings. The molecule has 8 heteroatoms. The highest BCUT2D eigenvalue weighted by Gasteiger charge is 2.31. The fourth-order valence-corrected chi connectivity index (χ4v) is 2.41. The average Bonchev–Trinajstić information content (AvgIpc) is 2.73. The van der Waals surface area contributed by atoms with Gasteiger partial charge in [-0.05, 0) is 23.9 Å². The van der Waals surface area contributed by atoms with Gasteiger partial charge in [-0.1, -0.05) is 18.2 Å². The molecule has 0 saturated carbocycles. The van der Waals surface area contributed by atoms with Gasteiger partial charge in [-0.2, -0.15) is 0 Å². The van der Waals surface area contributed by atoms with Crippen LogP contribution in [0.5, 0.6) is 0 Å². The van der Waals surface area contributed by atoms with E-state index in [0.29, 0.717) is 5.56 Å². The lowest BCUT2D eigenvalue weighted by molar-refractivity contribution is -0.132. The van der Waals surface area contributed by atoms with E-state index in [9.17, 15) is 14.4 Å². The zero-order chi connectivity index (χ0) is 15.4. The normalized spacial score (nSPS) is 18.3. The van der Waals surface area contributed by atoms with Crippen molar-refractivity contribution in [2.24, 2.45) is 5.10 Å². The van der Waals surface area contributed by atoms with Crippen LogP contribution in [-0.4, -0.2) is 40.0 Å². The predicted molar refractivity (Wildman–Crippen MR) is 77.4 cm³/mol. The number of carboxylic acids is 1. The number of carboxylic acid groups (broad SMARTS) is 1. The Balaban J connectivity index is 2.10. The van der Waals surface area contributed by atoms with Gasteiger partial charge >= 0.3 is 5.97 Å². The van der Waals surface area contributed by atoms with Gasteiger partial charge in [0, 0.05) is 18.7 Å². The Hall–Kier alpha value is -2.61. The van der Waals surface area contributed by atoms with Crippen LogP contribution in [0, 0.1) is 0 Å². The molecular weight excluding hydrogens is 294 g/mol. The van der Waals surface area contributed by atoms with Crippen molar-refractivity contribution in [3.05, 3.63) is 46.9 Å². The lowest BCUT2D eigenvalue weighted by Crippen LogP contribution is -2.27. The van der Waals surface area contributed by atoms with Crippen LogP contribution in [0.4, 0.5) is 0 Å². The summed E-state index contributed by atoms with van der Waals surface area (Å²) in [5.41, 5.74) is 2.76. The van der Waals surface area contributed by atoms with Crippen LogP contribution in [0.1, 0.15) is 10.4 Å². The quantitative estimate of drug-likeness (QED) is 0.637. The lowest BCUT2D eigenvalue weighted by Gasteiger charge is -2.07. The first-order valence-corrected chi connectivity index (χ1v) is 6.64. The fraction of sp³-hybridized carbons (Fsp3) is 0.0769. The number of nitrogens with one attached hydrogen (secondary N) is 1. The molecule has 1 aliphatic rings. The number of benzene rings is 1. The number of aliphatic carboxylic acids is 1. The van der Waals surface area contributed by atoms with E-state index in [2.05, 4.69) is 10.5 Å². The standard InChI is InChI=1S/C13H11N3O4S/c1-16-12(20)9(7-10(17)18)21-13(16)15-14-11(19)8-5-3-2-4-6-8/h2-7H,1H3,(H,14,19)(H,17,18)/b9-7-,15-13?. The molecule has 0 spiro atoms. The van der Waals surface area contributed by atoms with Gasteiger partial charge in [0.25, 0.3) is 11.8 Å². The molecule has 7 nitrogen and oxygen atoms in total. The van der Waals surface area contributed by atoms with E-state index in [1.165, 1.54) is 11.9 Å². The van der Waals surface area contributed by atoms with E-state index in [0.717, 1.165) is 17.8 Å². The molecule has 0 unspecified atom stereocenters. The van der Waals surface area contributed by atoms with Gasteiger partial charge in [0.2, 0.25) is 0 Å². The zero-order valence-corrected chi connectivity index (χ0v) is 11.8.